The molecule has 0 aromatic carbocycles. The highest BCUT2D eigenvalue weighted by Crippen LogP contribution is 2.29. The number of rotatable bonds is 4. The van der Waals surface area contributed by atoms with Crippen molar-refractivity contribution in [1.29, 1.82) is 0 Å². The van der Waals surface area contributed by atoms with Gasteiger partial charge in [0, 0.05) is 9.85 Å². The number of hydrogen-bond donors (Lipinski definition) is 1. The van der Waals surface area contributed by atoms with Gasteiger partial charge in [-0.2, -0.15) is 4.98 Å². The lowest BCUT2D eigenvalue weighted by Crippen LogP contribution is -2.33. The summed E-state index contributed by atoms with van der Waals surface area (Å²) in [6, 6.07) is 1.97. The molecule has 92 valence electrons. The summed E-state index contributed by atoms with van der Waals surface area (Å²) in [6.45, 7) is 4.00. The SMILES string of the molecule is CCCC(C)(N)c1nc(-c2cc(Br)cs2)no1. The number of halogens is 1. The van der Waals surface area contributed by atoms with Crippen molar-refractivity contribution >= 4 is 27.3 Å². The topological polar surface area (TPSA) is 64.9 Å². The molecule has 0 saturated heterocycles. The quantitative estimate of drug-likeness (QED) is 0.937. The van der Waals surface area contributed by atoms with Crippen LogP contribution in [0.5, 0.6) is 0 Å². The first-order valence-electron chi connectivity index (χ1n) is 5.40. The van der Waals surface area contributed by atoms with Gasteiger partial charge in [-0.3, -0.25) is 0 Å². The molecule has 6 heteroatoms. The van der Waals surface area contributed by atoms with Crippen molar-refractivity contribution < 1.29 is 4.52 Å². The maximum Gasteiger partial charge on any atom is 0.246 e. The van der Waals surface area contributed by atoms with Gasteiger partial charge in [0.15, 0.2) is 0 Å². The molecule has 2 aromatic rings. The molecule has 0 aliphatic heterocycles. The number of hydrogen-bond acceptors (Lipinski definition) is 5. The van der Waals surface area contributed by atoms with Gasteiger partial charge in [-0.25, -0.2) is 0 Å². The van der Waals surface area contributed by atoms with E-state index in [0.717, 1.165) is 22.2 Å². The van der Waals surface area contributed by atoms with Gasteiger partial charge < -0.3 is 10.3 Å². The van der Waals surface area contributed by atoms with Crippen LogP contribution >= 0.6 is 27.3 Å². The Hall–Kier alpha value is -0.720. The van der Waals surface area contributed by atoms with E-state index in [1.165, 1.54) is 0 Å². The molecular weight excluding hydrogens is 302 g/mol. The van der Waals surface area contributed by atoms with Crippen LogP contribution in [0.2, 0.25) is 0 Å². The number of nitrogens with two attached hydrogens (primary N) is 1. The molecule has 2 heterocycles. The predicted octanol–water partition coefficient (Wildman–Crippen LogP) is 3.53. The van der Waals surface area contributed by atoms with Crippen molar-refractivity contribution in [3.05, 3.63) is 21.8 Å². The summed E-state index contributed by atoms with van der Waals surface area (Å²) in [6.07, 6.45) is 1.80. The normalized spacial score (nSPS) is 14.8. The molecule has 1 atom stereocenters. The minimum Gasteiger partial charge on any atom is -0.337 e. The van der Waals surface area contributed by atoms with Gasteiger partial charge in [-0.1, -0.05) is 18.5 Å². The molecule has 0 saturated carbocycles. The lowest BCUT2D eigenvalue weighted by Gasteiger charge is -2.18. The monoisotopic (exact) mass is 315 g/mol. The first-order valence-corrected chi connectivity index (χ1v) is 7.07. The maximum absolute atomic E-state index is 6.14. The van der Waals surface area contributed by atoms with Gasteiger partial charge >= 0.3 is 0 Å². The number of thiophene rings is 1. The van der Waals surface area contributed by atoms with Gasteiger partial charge in [-0.05, 0) is 35.3 Å². The molecule has 2 rings (SSSR count). The fourth-order valence-corrected chi connectivity index (χ4v) is 2.96. The van der Waals surface area contributed by atoms with Crippen molar-refractivity contribution in [2.75, 3.05) is 0 Å². The van der Waals surface area contributed by atoms with Crippen LogP contribution in [-0.4, -0.2) is 10.1 Å². The summed E-state index contributed by atoms with van der Waals surface area (Å²) in [5.41, 5.74) is 5.60. The number of aromatic nitrogens is 2. The average Bonchev–Trinajstić information content (AvgIpc) is 2.85. The fourth-order valence-electron chi connectivity index (χ4n) is 1.61. The van der Waals surface area contributed by atoms with Gasteiger partial charge in [0.05, 0.1) is 10.4 Å². The molecule has 2 aromatic heterocycles. The highest BCUT2D eigenvalue weighted by Gasteiger charge is 2.27. The van der Waals surface area contributed by atoms with E-state index in [1.807, 2.05) is 18.4 Å². The van der Waals surface area contributed by atoms with Crippen LogP contribution in [0.15, 0.2) is 20.4 Å². The molecule has 4 nitrogen and oxygen atoms in total. The summed E-state index contributed by atoms with van der Waals surface area (Å²) >= 11 is 4.97. The summed E-state index contributed by atoms with van der Waals surface area (Å²) in [7, 11) is 0. The molecule has 0 aliphatic rings. The Labute approximate surface area is 112 Å². The average molecular weight is 316 g/mol. The van der Waals surface area contributed by atoms with Crippen molar-refractivity contribution in [3.8, 4) is 10.7 Å². The first-order chi connectivity index (χ1) is 8.03. The standard InChI is InChI=1S/C11H14BrN3OS/c1-3-4-11(2,13)10-14-9(15-16-10)8-5-7(12)6-17-8/h5-6H,3-4,13H2,1-2H3. The summed E-state index contributed by atoms with van der Waals surface area (Å²) in [5.74, 6) is 1.10. The second-order valence-electron chi connectivity index (χ2n) is 4.22. The minimum atomic E-state index is -0.547. The predicted molar refractivity (Wildman–Crippen MR) is 71.8 cm³/mol. The molecule has 0 radical (unpaired) electrons. The molecule has 1 unspecified atom stereocenters. The van der Waals surface area contributed by atoms with Crippen molar-refractivity contribution in [3.63, 3.8) is 0 Å². The minimum absolute atomic E-state index is 0.499. The van der Waals surface area contributed by atoms with Crippen molar-refractivity contribution in [2.24, 2.45) is 5.73 Å². The Morgan fingerprint density at radius 2 is 2.35 bits per heavy atom. The van der Waals surface area contributed by atoms with E-state index in [2.05, 4.69) is 33.0 Å². The Balaban J connectivity index is 2.27. The second-order valence-corrected chi connectivity index (χ2v) is 6.05. The molecule has 0 spiro atoms. The van der Waals surface area contributed by atoms with Crippen LogP contribution in [-0.2, 0) is 5.54 Å². The van der Waals surface area contributed by atoms with Crippen LogP contribution in [0, 0.1) is 0 Å². The third kappa shape index (κ3) is 2.75. The van der Waals surface area contributed by atoms with E-state index < -0.39 is 5.54 Å². The van der Waals surface area contributed by atoms with Crippen molar-refractivity contribution in [1.82, 2.24) is 10.1 Å². The van der Waals surface area contributed by atoms with Gasteiger partial charge in [-0.15, -0.1) is 11.3 Å². The van der Waals surface area contributed by atoms with E-state index in [-0.39, 0.29) is 0 Å². The molecular formula is C11H14BrN3OS. The molecule has 17 heavy (non-hydrogen) atoms. The van der Waals surface area contributed by atoms with E-state index >= 15 is 0 Å². The molecule has 2 N–H and O–H groups in total. The van der Waals surface area contributed by atoms with Crippen LogP contribution in [0.3, 0.4) is 0 Å². The summed E-state index contributed by atoms with van der Waals surface area (Å²) in [5, 5.41) is 5.96. The zero-order valence-corrected chi connectivity index (χ0v) is 12.1. The second kappa shape index (κ2) is 4.88. The van der Waals surface area contributed by atoms with E-state index in [4.69, 9.17) is 10.3 Å². The van der Waals surface area contributed by atoms with E-state index in [9.17, 15) is 0 Å². The highest BCUT2D eigenvalue weighted by atomic mass is 79.9. The van der Waals surface area contributed by atoms with Gasteiger partial charge in [0.2, 0.25) is 11.7 Å². The van der Waals surface area contributed by atoms with Crippen LogP contribution < -0.4 is 5.73 Å². The van der Waals surface area contributed by atoms with Crippen LogP contribution in [0.25, 0.3) is 10.7 Å². The molecule has 0 amide bonds. The Kier molecular flexibility index (Phi) is 3.65. The van der Waals surface area contributed by atoms with Crippen molar-refractivity contribution in [2.45, 2.75) is 32.2 Å². The zero-order valence-electron chi connectivity index (χ0n) is 9.74. The lowest BCUT2D eigenvalue weighted by atomic mass is 9.98. The van der Waals surface area contributed by atoms with Gasteiger partial charge in [0.1, 0.15) is 0 Å². The lowest BCUT2D eigenvalue weighted by molar-refractivity contribution is 0.284. The molecule has 0 fully saturated rings. The smallest absolute Gasteiger partial charge is 0.246 e. The highest BCUT2D eigenvalue weighted by molar-refractivity contribution is 9.10. The first kappa shape index (κ1) is 12.7. The summed E-state index contributed by atoms with van der Waals surface area (Å²) in [4.78, 5) is 5.34. The summed E-state index contributed by atoms with van der Waals surface area (Å²) < 4.78 is 6.27. The Morgan fingerprint density at radius 1 is 1.59 bits per heavy atom. The van der Waals surface area contributed by atoms with E-state index in [1.54, 1.807) is 11.3 Å². The Bertz CT molecular complexity index is 506. The van der Waals surface area contributed by atoms with Crippen LogP contribution in [0.4, 0.5) is 0 Å². The molecule has 0 aliphatic carbocycles. The third-order valence-electron chi connectivity index (χ3n) is 2.47. The Morgan fingerprint density at radius 3 is 2.94 bits per heavy atom. The van der Waals surface area contributed by atoms with Gasteiger partial charge in [0.25, 0.3) is 0 Å². The maximum atomic E-state index is 6.14. The largest absolute Gasteiger partial charge is 0.337 e. The molecule has 0 bridgehead atoms. The zero-order chi connectivity index (χ0) is 12.5. The third-order valence-corrected chi connectivity index (χ3v) is 4.16. The fraction of sp³-hybridized carbons (Fsp3) is 0.455. The van der Waals surface area contributed by atoms with E-state index in [0.29, 0.717) is 11.7 Å². The van der Waals surface area contributed by atoms with Crippen LogP contribution in [0.1, 0.15) is 32.6 Å². The number of nitrogens with zero attached hydrogens (tertiary/aromatic N) is 2.